The molecule has 0 bridgehead atoms. The fraction of sp³-hybridized carbons (Fsp3) is 0.200. The van der Waals surface area contributed by atoms with Gasteiger partial charge in [0.15, 0.2) is 6.29 Å². The number of benzene rings is 1. The van der Waals surface area contributed by atoms with Crippen molar-refractivity contribution in [1.82, 2.24) is 0 Å². The van der Waals surface area contributed by atoms with E-state index in [-0.39, 0.29) is 22.6 Å². The number of hydrogen-bond donors (Lipinski definition) is 1. The molecule has 0 aliphatic heterocycles. The minimum atomic E-state index is -0.610. The number of aromatic hydroxyl groups is 1. The summed E-state index contributed by atoms with van der Waals surface area (Å²) in [6.45, 7) is 0. The van der Waals surface area contributed by atoms with Gasteiger partial charge in [-0.15, -0.1) is 0 Å². The van der Waals surface area contributed by atoms with Gasteiger partial charge in [-0.2, -0.15) is 0 Å². The number of phenolic OH excluding ortho intramolecular Hbond substituents is 1. The van der Waals surface area contributed by atoms with Crippen LogP contribution in [-0.4, -0.2) is 31.6 Å². The molecular formula is C10H10O5. The van der Waals surface area contributed by atoms with Crippen molar-refractivity contribution in [2.24, 2.45) is 0 Å². The summed E-state index contributed by atoms with van der Waals surface area (Å²) in [7, 11) is 2.56. The molecule has 1 aromatic rings. The fourth-order valence-electron chi connectivity index (χ4n) is 1.13. The van der Waals surface area contributed by atoms with Crippen molar-refractivity contribution in [3.8, 4) is 11.5 Å². The molecule has 0 atom stereocenters. The maximum absolute atomic E-state index is 11.2. The van der Waals surface area contributed by atoms with Crippen LogP contribution < -0.4 is 4.74 Å². The normalized spacial score (nSPS) is 9.47. The number of ether oxygens (including phenoxy) is 2. The summed E-state index contributed by atoms with van der Waals surface area (Å²) in [6.07, 6.45) is 0.454. The van der Waals surface area contributed by atoms with E-state index in [4.69, 9.17) is 4.74 Å². The van der Waals surface area contributed by atoms with E-state index in [0.717, 1.165) is 6.07 Å². The molecular weight excluding hydrogens is 200 g/mol. The van der Waals surface area contributed by atoms with Crippen LogP contribution in [0.4, 0.5) is 0 Å². The van der Waals surface area contributed by atoms with Gasteiger partial charge in [0.1, 0.15) is 11.5 Å². The van der Waals surface area contributed by atoms with Gasteiger partial charge in [0.25, 0.3) is 0 Å². The van der Waals surface area contributed by atoms with Crippen LogP contribution in [0.3, 0.4) is 0 Å². The molecule has 0 unspecified atom stereocenters. The molecule has 1 aromatic carbocycles. The maximum atomic E-state index is 11.2. The second-order valence-electron chi connectivity index (χ2n) is 2.72. The molecule has 0 amide bonds. The molecule has 0 aliphatic carbocycles. The number of carbonyl (C=O) groups is 2. The fourth-order valence-corrected chi connectivity index (χ4v) is 1.13. The lowest BCUT2D eigenvalue weighted by Crippen LogP contribution is -2.03. The van der Waals surface area contributed by atoms with Crippen LogP contribution in [0, 0.1) is 0 Å². The first-order chi connectivity index (χ1) is 7.13. The van der Waals surface area contributed by atoms with E-state index in [9.17, 15) is 14.7 Å². The van der Waals surface area contributed by atoms with Crippen LogP contribution in [0.2, 0.25) is 0 Å². The zero-order chi connectivity index (χ0) is 11.4. The van der Waals surface area contributed by atoms with Gasteiger partial charge >= 0.3 is 5.97 Å². The van der Waals surface area contributed by atoms with Crippen molar-refractivity contribution < 1.29 is 24.2 Å². The number of hydrogen-bond acceptors (Lipinski definition) is 5. The van der Waals surface area contributed by atoms with Gasteiger partial charge in [-0.1, -0.05) is 0 Å². The Balaban J connectivity index is 3.31. The Labute approximate surface area is 86.2 Å². The lowest BCUT2D eigenvalue weighted by Gasteiger charge is -2.07. The van der Waals surface area contributed by atoms with E-state index in [0.29, 0.717) is 6.29 Å². The minimum absolute atomic E-state index is 0.00477. The number of rotatable bonds is 3. The zero-order valence-electron chi connectivity index (χ0n) is 8.31. The summed E-state index contributed by atoms with van der Waals surface area (Å²) in [5.41, 5.74) is 0.127. The Bertz CT molecular complexity index is 397. The van der Waals surface area contributed by atoms with E-state index < -0.39 is 5.97 Å². The third-order valence-corrected chi connectivity index (χ3v) is 1.88. The lowest BCUT2D eigenvalue weighted by molar-refractivity contribution is 0.0599. The van der Waals surface area contributed by atoms with Gasteiger partial charge in [-0.3, -0.25) is 4.79 Å². The van der Waals surface area contributed by atoms with Crippen LogP contribution in [0.1, 0.15) is 20.7 Å². The maximum Gasteiger partial charge on any atom is 0.338 e. The second-order valence-corrected chi connectivity index (χ2v) is 2.72. The quantitative estimate of drug-likeness (QED) is 0.595. The molecule has 5 heteroatoms. The summed E-state index contributed by atoms with van der Waals surface area (Å²) in [5, 5.41) is 9.43. The Hall–Kier alpha value is -2.04. The van der Waals surface area contributed by atoms with Crippen LogP contribution in [0.5, 0.6) is 11.5 Å². The van der Waals surface area contributed by atoms with E-state index in [1.165, 1.54) is 20.3 Å². The van der Waals surface area contributed by atoms with Gasteiger partial charge < -0.3 is 14.6 Å². The van der Waals surface area contributed by atoms with E-state index >= 15 is 0 Å². The van der Waals surface area contributed by atoms with Gasteiger partial charge in [-0.05, 0) is 12.1 Å². The van der Waals surface area contributed by atoms with Gasteiger partial charge in [0, 0.05) is 0 Å². The third kappa shape index (κ3) is 2.07. The minimum Gasteiger partial charge on any atom is -0.507 e. The molecule has 0 fully saturated rings. The summed E-state index contributed by atoms with van der Waals surface area (Å²) in [5.74, 6) is -0.795. The number of phenols is 1. The molecule has 5 nitrogen and oxygen atoms in total. The SMILES string of the molecule is COC(=O)c1cc(O)c(C=O)c(OC)c1. The Morgan fingerprint density at radius 3 is 2.53 bits per heavy atom. The number of aldehydes is 1. The first-order valence-electron chi connectivity index (χ1n) is 4.08. The summed E-state index contributed by atoms with van der Waals surface area (Å²) >= 11 is 0. The van der Waals surface area contributed by atoms with E-state index in [1.807, 2.05) is 0 Å². The monoisotopic (exact) mass is 210 g/mol. The predicted molar refractivity (Wildman–Crippen MR) is 51.4 cm³/mol. The van der Waals surface area contributed by atoms with Crippen LogP contribution in [0.25, 0.3) is 0 Å². The Morgan fingerprint density at radius 2 is 2.07 bits per heavy atom. The molecule has 0 heterocycles. The molecule has 0 saturated carbocycles. The van der Waals surface area contributed by atoms with Crippen molar-refractivity contribution >= 4 is 12.3 Å². The summed E-state index contributed by atoms with van der Waals surface area (Å²) in [6, 6.07) is 2.48. The van der Waals surface area contributed by atoms with E-state index in [1.54, 1.807) is 0 Å². The number of carbonyl (C=O) groups excluding carboxylic acids is 2. The highest BCUT2D eigenvalue weighted by atomic mass is 16.5. The summed E-state index contributed by atoms with van der Waals surface area (Å²) in [4.78, 5) is 21.8. The second kappa shape index (κ2) is 4.45. The van der Waals surface area contributed by atoms with E-state index in [2.05, 4.69) is 4.74 Å². The molecule has 80 valence electrons. The molecule has 0 radical (unpaired) electrons. The molecule has 0 aliphatic rings. The molecule has 0 saturated heterocycles. The molecule has 0 spiro atoms. The summed E-state index contributed by atoms with van der Waals surface area (Å²) < 4.78 is 9.32. The van der Waals surface area contributed by atoms with Gasteiger partial charge in [0.2, 0.25) is 0 Å². The van der Waals surface area contributed by atoms with Crippen LogP contribution >= 0.6 is 0 Å². The lowest BCUT2D eigenvalue weighted by atomic mass is 10.1. The average molecular weight is 210 g/mol. The van der Waals surface area contributed by atoms with Gasteiger partial charge in [0.05, 0.1) is 25.3 Å². The van der Waals surface area contributed by atoms with Crippen molar-refractivity contribution in [2.45, 2.75) is 0 Å². The Morgan fingerprint density at radius 1 is 1.40 bits per heavy atom. The topological polar surface area (TPSA) is 72.8 Å². The number of methoxy groups -OCH3 is 2. The van der Waals surface area contributed by atoms with Crippen molar-refractivity contribution in [1.29, 1.82) is 0 Å². The predicted octanol–water partition coefficient (Wildman–Crippen LogP) is 1.000. The van der Waals surface area contributed by atoms with Crippen molar-refractivity contribution in [3.63, 3.8) is 0 Å². The van der Waals surface area contributed by atoms with Crippen molar-refractivity contribution in [2.75, 3.05) is 14.2 Å². The average Bonchev–Trinajstić information content (AvgIpc) is 2.26. The molecule has 15 heavy (non-hydrogen) atoms. The van der Waals surface area contributed by atoms with Crippen LogP contribution in [-0.2, 0) is 4.74 Å². The standard InChI is InChI=1S/C10H10O5/c1-14-9-4-6(10(13)15-2)3-8(12)7(9)5-11/h3-5,12H,1-2H3. The first-order valence-corrected chi connectivity index (χ1v) is 4.08. The third-order valence-electron chi connectivity index (χ3n) is 1.88. The van der Waals surface area contributed by atoms with Crippen LogP contribution in [0.15, 0.2) is 12.1 Å². The van der Waals surface area contributed by atoms with Crippen molar-refractivity contribution in [3.05, 3.63) is 23.3 Å². The highest BCUT2D eigenvalue weighted by Gasteiger charge is 2.14. The van der Waals surface area contributed by atoms with Gasteiger partial charge in [-0.25, -0.2) is 4.79 Å². The molecule has 0 aromatic heterocycles. The zero-order valence-corrected chi connectivity index (χ0v) is 8.31. The molecule has 1 N–H and O–H groups in total. The highest BCUT2D eigenvalue weighted by Crippen LogP contribution is 2.28. The highest BCUT2D eigenvalue weighted by molar-refractivity contribution is 5.93. The Kier molecular flexibility index (Phi) is 3.28. The largest absolute Gasteiger partial charge is 0.507 e. The number of esters is 1. The smallest absolute Gasteiger partial charge is 0.338 e. The molecule has 1 rings (SSSR count). The first kappa shape index (κ1) is 11.0.